The number of nitrogens with one attached hydrogen (secondary N) is 1. The molecule has 0 spiro atoms. The normalized spacial score (nSPS) is 10.2. The van der Waals surface area contributed by atoms with Gasteiger partial charge in [0, 0.05) is 30.4 Å². The third kappa shape index (κ3) is 3.12. The van der Waals surface area contributed by atoms with Crippen LogP contribution in [0.4, 0.5) is 23.0 Å². The standard InChI is InChI=1S/C16H14N4OS/c1-12(21)19-13-4-2-5-14(10-13)20(15-6-9-22-11-15)16-17-7-3-8-18-16/h2-11H,1H3,(H,19,21). The molecule has 1 aromatic carbocycles. The Morgan fingerprint density at radius 1 is 1.14 bits per heavy atom. The van der Waals surface area contributed by atoms with Crippen molar-refractivity contribution in [3.8, 4) is 0 Å². The second-order valence-corrected chi connectivity index (χ2v) is 5.38. The van der Waals surface area contributed by atoms with Crippen molar-refractivity contribution < 1.29 is 4.79 Å². The highest BCUT2D eigenvalue weighted by Gasteiger charge is 2.15. The molecule has 0 atom stereocenters. The molecule has 1 amide bonds. The summed E-state index contributed by atoms with van der Waals surface area (Å²) in [6.45, 7) is 1.49. The molecule has 2 aromatic heterocycles. The second-order valence-electron chi connectivity index (χ2n) is 4.60. The molecule has 6 heteroatoms. The van der Waals surface area contributed by atoms with Crippen molar-refractivity contribution in [1.82, 2.24) is 9.97 Å². The molecule has 22 heavy (non-hydrogen) atoms. The molecule has 0 saturated carbocycles. The minimum Gasteiger partial charge on any atom is -0.326 e. The SMILES string of the molecule is CC(=O)Nc1cccc(N(c2ccsc2)c2ncccn2)c1. The smallest absolute Gasteiger partial charge is 0.234 e. The van der Waals surface area contributed by atoms with Crippen LogP contribution >= 0.6 is 11.3 Å². The number of amides is 1. The maximum Gasteiger partial charge on any atom is 0.234 e. The molecule has 3 aromatic rings. The molecule has 0 fully saturated rings. The van der Waals surface area contributed by atoms with Crippen LogP contribution in [0.5, 0.6) is 0 Å². The number of carbonyl (C=O) groups is 1. The number of aromatic nitrogens is 2. The van der Waals surface area contributed by atoms with E-state index in [1.54, 1.807) is 29.8 Å². The molecule has 2 heterocycles. The van der Waals surface area contributed by atoms with Gasteiger partial charge in [0.05, 0.1) is 11.4 Å². The van der Waals surface area contributed by atoms with Crippen molar-refractivity contribution >= 4 is 40.3 Å². The average Bonchev–Trinajstić information content (AvgIpc) is 3.02. The van der Waals surface area contributed by atoms with Crippen molar-refractivity contribution in [2.45, 2.75) is 6.92 Å². The summed E-state index contributed by atoms with van der Waals surface area (Å²) in [5.41, 5.74) is 2.60. The number of carbonyl (C=O) groups excluding carboxylic acids is 1. The molecule has 5 nitrogen and oxygen atoms in total. The molecule has 3 rings (SSSR count). The van der Waals surface area contributed by atoms with Crippen LogP contribution in [0.3, 0.4) is 0 Å². The molecule has 0 aliphatic rings. The van der Waals surface area contributed by atoms with E-state index in [0.29, 0.717) is 5.95 Å². The Labute approximate surface area is 132 Å². The first-order valence-electron chi connectivity index (χ1n) is 6.71. The lowest BCUT2D eigenvalue weighted by Crippen LogP contribution is -2.13. The van der Waals surface area contributed by atoms with Crippen LogP contribution in [-0.4, -0.2) is 15.9 Å². The number of anilines is 4. The van der Waals surface area contributed by atoms with Crippen molar-refractivity contribution in [3.63, 3.8) is 0 Å². The molecule has 1 N–H and O–H groups in total. The van der Waals surface area contributed by atoms with Gasteiger partial charge in [-0.25, -0.2) is 9.97 Å². The Balaban J connectivity index is 2.05. The van der Waals surface area contributed by atoms with Crippen LogP contribution in [0.15, 0.2) is 59.6 Å². The molecular formula is C16H14N4OS. The Bertz CT molecular complexity index is 759. The molecule has 0 saturated heterocycles. The molecule has 110 valence electrons. The third-order valence-electron chi connectivity index (χ3n) is 2.94. The summed E-state index contributed by atoms with van der Waals surface area (Å²) in [5.74, 6) is 0.482. The first-order valence-corrected chi connectivity index (χ1v) is 7.65. The Kier molecular flexibility index (Phi) is 4.11. The van der Waals surface area contributed by atoms with Gasteiger partial charge < -0.3 is 5.32 Å². The Morgan fingerprint density at radius 2 is 1.95 bits per heavy atom. The zero-order valence-corrected chi connectivity index (χ0v) is 12.7. The minimum atomic E-state index is -0.102. The van der Waals surface area contributed by atoms with E-state index in [-0.39, 0.29) is 5.91 Å². The van der Waals surface area contributed by atoms with Crippen molar-refractivity contribution in [2.75, 3.05) is 10.2 Å². The Hall–Kier alpha value is -2.73. The summed E-state index contributed by atoms with van der Waals surface area (Å²) in [7, 11) is 0. The van der Waals surface area contributed by atoms with Crippen molar-refractivity contribution in [1.29, 1.82) is 0 Å². The van der Waals surface area contributed by atoms with Gasteiger partial charge in [-0.2, -0.15) is 11.3 Å². The highest BCUT2D eigenvalue weighted by molar-refractivity contribution is 7.08. The van der Waals surface area contributed by atoms with E-state index in [1.807, 2.05) is 46.0 Å². The van der Waals surface area contributed by atoms with Gasteiger partial charge in [-0.15, -0.1) is 0 Å². The topological polar surface area (TPSA) is 58.1 Å². The molecule has 0 aliphatic heterocycles. The predicted octanol–water partition coefficient (Wildman–Crippen LogP) is 3.97. The van der Waals surface area contributed by atoms with Crippen LogP contribution in [0.1, 0.15) is 6.92 Å². The quantitative estimate of drug-likeness (QED) is 0.792. The maximum atomic E-state index is 11.2. The van der Waals surface area contributed by atoms with Gasteiger partial charge in [-0.1, -0.05) is 6.07 Å². The molecule has 0 radical (unpaired) electrons. The lowest BCUT2D eigenvalue weighted by Gasteiger charge is -2.22. The summed E-state index contributed by atoms with van der Waals surface area (Å²) in [5, 5.41) is 6.83. The lowest BCUT2D eigenvalue weighted by molar-refractivity contribution is -0.114. The highest BCUT2D eigenvalue weighted by Crippen LogP contribution is 2.34. The van der Waals surface area contributed by atoms with E-state index >= 15 is 0 Å². The molecular weight excluding hydrogens is 296 g/mol. The highest BCUT2D eigenvalue weighted by atomic mass is 32.1. The molecule has 0 bridgehead atoms. The minimum absolute atomic E-state index is 0.102. The molecule has 0 unspecified atom stereocenters. The van der Waals surface area contributed by atoms with Crippen molar-refractivity contribution in [2.24, 2.45) is 0 Å². The number of benzene rings is 1. The van der Waals surface area contributed by atoms with E-state index in [4.69, 9.17) is 0 Å². The summed E-state index contributed by atoms with van der Waals surface area (Å²) < 4.78 is 0. The number of thiophene rings is 1. The van der Waals surface area contributed by atoms with Gasteiger partial charge in [0.2, 0.25) is 11.9 Å². The van der Waals surface area contributed by atoms with Gasteiger partial charge in [-0.05, 0) is 35.7 Å². The van der Waals surface area contributed by atoms with Gasteiger partial charge in [-0.3, -0.25) is 9.69 Å². The number of hydrogen-bond donors (Lipinski definition) is 1. The van der Waals surface area contributed by atoms with Gasteiger partial charge in [0.25, 0.3) is 0 Å². The van der Waals surface area contributed by atoms with Crippen LogP contribution in [0, 0.1) is 0 Å². The zero-order chi connectivity index (χ0) is 15.4. The molecule has 0 aliphatic carbocycles. The fourth-order valence-electron chi connectivity index (χ4n) is 2.10. The monoisotopic (exact) mass is 310 g/mol. The second kappa shape index (κ2) is 6.36. The summed E-state index contributed by atoms with van der Waals surface area (Å²) in [6, 6.07) is 11.4. The van der Waals surface area contributed by atoms with Crippen LogP contribution < -0.4 is 10.2 Å². The first kappa shape index (κ1) is 14.2. The van der Waals surface area contributed by atoms with E-state index in [0.717, 1.165) is 17.1 Å². The predicted molar refractivity (Wildman–Crippen MR) is 88.9 cm³/mol. The van der Waals surface area contributed by atoms with Crippen molar-refractivity contribution in [3.05, 3.63) is 59.6 Å². The van der Waals surface area contributed by atoms with Crippen LogP contribution in [0.2, 0.25) is 0 Å². The summed E-state index contributed by atoms with van der Waals surface area (Å²) in [4.78, 5) is 21.9. The number of nitrogens with zero attached hydrogens (tertiary/aromatic N) is 3. The van der Waals surface area contributed by atoms with Gasteiger partial charge in [0.1, 0.15) is 0 Å². The average molecular weight is 310 g/mol. The fourth-order valence-corrected chi connectivity index (χ4v) is 2.72. The van der Waals surface area contributed by atoms with E-state index in [9.17, 15) is 4.79 Å². The summed E-state index contributed by atoms with van der Waals surface area (Å²) in [6.07, 6.45) is 3.42. The van der Waals surface area contributed by atoms with E-state index in [1.165, 1.54) is 6.92 Å². The lowest BCUT2D eigenvalue weighted by atomic mass is 10.2. The van der Waals surface area contributed by atoms with Crippen LogP contribution in [0.25, 0.3) is 0 Å². The maximum absolute atomic E-state index is 11.2. The summed E-state index contributed by atoms with van der Waals surface area (Å²) >= 11 is 1.61. The Morgan fingerprint density at radius 3 is 2.64 bits per heavy atom. The van der Waals surface area contributed by atoms with Gasteiger partial charge >= 0.3 is 0 Å². The largest absolute Gasteiger partial charge is 0.326 e. The number of rotatable bonds is 4. The fraction of sp³-hybridized carbons (Fsp3) is 0.0625. The first-order chi connectivity index (χ1) is 10.7. The van der Waals surface area contributed by atoms with E-state index < -0.39 is 0 Å². The zero-order valence-electron chi connectivity index (χ0n) is 11.9. The number of hydrogen-bond acceptors (Lipinski definition) is 5. The van der Waals surface area contributed by atoms with Crippen LogP contribution in [-0.2, 0) is 4.79 Å². The third-order valence-corrected chi connectivity index (χ3v) is 3.61. The van der Waals surface area contributed by atoms with Gasteiger partial charge in [0.15, 0.2) is 0 Å². The van der Waals surface area contributed by atoms with E-state index in [2.05, 4.69) is 15.3 Å².